The number of para-hydroxylation sites is 1. The van der Waals surface area contributed by atoms with Crippen LogP contribution in [0.5, 0.6) is 0 Å². The van der Waals surface area contributed by atoms with Gasteiger partial charge in [-0.25, -0.2) is 9.59 Å². The number of carbonyl (C=O) groups is 3. The van der Waals surface area contributed by atoms with Gasteiger partial charge in [0.1, 0.15) is 6.61 Å². The van der Waals surface area contributed by atoms with Crippen LogP contribution in [-0.4, -0.2) is 60.6 Å². The van der Waals surface area contributed by atoms with Crippen LogP contribution in [0.2, 0.25) is 0 Å². The van der Waals surface area contributed by atoms with Crippen molar-refractivity contribution in [1.82, 2.24) is 4.90 Å². The SMILES string of the molecule is C=CC12CN(C(=O)OC)[C@@H]3[C@@H](COC(=O)C(C)(C)C)[C@H]1[C@H](O)C=C(c1ccccc1NC(=O)OCc1ccccc1)[C@@H]32. The molecule has 2 N–H and O–H groups in total. The summed E-state index contributed by atoms with van der Waals surface area (Å²) in [4.78, 5) is 40.2. The summed E-state index contributed by atoms with van der Waals surface area (Å²) < 4.78 is 16.4. The second-order valence-corrected chi connectivity index (χ2v) is 12.3. The molecule has 1 aliphatic heterocycles. The van der Waals surface area contributed by atoms with Gasteiger partial charge >= 0.3 is 18.2 Å². The third-order valence-electron chi connectivity index (χ3n) is 8.79. The van der Waals surface area contributed by atoms with Crippen LogP contribution in [0.3, 0.4) is 0 Å². The molecule has 3 aliphatic rings. The summed E-state index contributed by atoms with van der Waals surface area (Å²) in [5.74, 6) is -1.35. The highest BCUT2D eigenvalue weighted by Crippen LogP contribution is 2.67. The molecule has 222 valence electrons. The Morgan fingerprint density at radius 3 is 2.45 bits per heavy atom. The number of aliphatic hydroxyl groups excluding tert-OH is 1. The molecular formula is C33H38N2O7. The second kappa shape index (κ2) is 11.3. The molecule has 6 atom stereocenters. The first-order valence-electron chi connectivity index (χ1n) is 14.1. The lowest BCUT2D eigenvalue weighted by Crippen LogP contribution is -2.53. The molecule has 2 amide bonds. The van der Waals surface area contributed by atoms with Gasteiger partial charge in [-0.05, 0) is 38.0 Å². The van der Waals surface area contributed by atoms with Crippen molar-refractivity contribution in [2.24, 2.45) is 28.6 Å². The maximum Gasteiger partial charge on any atom is 0.411 e. The Labute approximate surface area is 246 Å². The van der Waals surface area contributed by atoms with Gasteiger partial charge in [0, 0.05) is 41.3 Å². The fourth-order valence-corrected chi connectivity index (χ4v) is 7.03. The first-order valence-corrected chi connectivity index (χ1v) is 14.1. The van der Waals surface area contributed by atoms with Crippen molar-refractivity contribution >= 4 is 29.4 Å². The van der Waals surface area contributed by atoms with Gasteiger partial charge in [-0.2, -0.15) is 0 Å². The number of benzene rings is 2. The smallest absolute Gasteiger partial charge is 0.411 e. The van der Waals surface area contributed by atoms with Crippen LogP contribution in [0.1, 0.15) is 31.9 Å². The van der Waals surface area contributed by atoms with E-state index in [2.05, 4.69) is 11.9 Å². The number of methoxy groups -OCH3 is 1. The molecule has 4 bridgehead atoms. The maximum atomic E-state index is 13.0. The predicted molar refractivity (Wildman–Crippen MR) is 157 cm³/mol. The lowest BCUT2D eigenvalue weighted by molar-refractivity contribution is -0.156. The third kappa shape index (κ3) is 5.06. The van der Waals surface area contributed by atoms with Crippen LogP contribution in [-0.2, 0) is 25.6 Å². The van der Waals surface area contributed by atoms with E-state index in [4.69, 9.17) is 14.2 Å². The molecule has 2 aliphatic carbocycles. The highest BCUT2D eigenvalue weighted by Gasteiger charge is 2.71. The molecule has 1 saturated heterocycles. The number of ether oxygens (including phenoxy) is 3. The van der Waals surface area contributed by atoms with Gasteiger partial charge < -0.3 is 24.2 Å². The van der Waals surface area contributed by atoms with Gasteiger partial charge in [0.15, 0.2) is 0 Å². The Hall–Kier alpha value is -4.11. The van der Waals surface area contributed by atoms with Crippen LogP contribution >= 0.6 is 0 Å². The molecule has 0 aromatic heterocycles. The maximum absolute atomic E-state index is 13.0. The summed E-state index contributed by atoms with van der Waals surface area (Å²) in [5.41, 5.74) is 1.44. The minimum Gasteiger partial charge on any atom is -0.465 e. The number of hydrogen-bond donors (Lipinski definition) is 2. The van der Waals surface area contributed by atoms with Crippen molar-refractivity contribution in [1.29, 1.82) is 0 Å². The van der Waals surface area contributed by atoms with E-state index in [1.165, 1.54) is 7.11 Å². The molecule has 1 heterocycles. The Morgan fingerprint density at radius 1 is 1.10 bits per heavy atom. The Balaban J connectivity index is 1.48. The van der Waals surface area contributed by atoms with Crippen molar-refractivity contribution in [2.75, 3.05) is 25.6 Å². The number of aliphatic hydroxyl groups is 1. The molecule has 2 fully saturated rings. The molecule has 9 nitrogen and oxygen atoms in total. The van der Waals surface area contributed by atoms with E-state index in [9.17, 15) is 19.5 Å². The number of anilines is 1. The van der Waals surface area contributed by atoms with Gasteiger partial charge in [0.05, 0.1) is 30.9 Å². The van der Waals surface area contributed by atoms with Crippen molar-refractivity contribution in [3.63, 3.8) is 0 Å². The molecule has 2 aromatic carbocycles. The minimum atomic E-state index is -0.907. The fourth-order valence-electron chi connectivity index (χ4n) is 7.03. The molecule has 2 aromatic rings. The zero-order valence-corrected chi connectivity index (χ0v) is 24.4. The number of carbonyl (C=O) groups excluding carboxylic acids is 3. The van der Waals surface area contributed by atoms with Crippen LogP contribution in [0.15, 0.2) is 73.3 Å². The zero-order chi connectivity index (χ0) is 30.2. The van der Waals surface area contributed by atoms with Crippen LogP contribution in [0, 0.1) is 28.6 Å². The molecule has 0 spiro atoms. The fraction of sp³-hybridized carbons (Fsp3) is 0.424. The summed E-state index contributed by atoms with van der Waals surface area (Å²) in [6.07, 6.45) is 1.61. The van der Waals surface area contributed by atoms with E-state index in [0.29, 0.717) is 17.8 Å². The lowest BCUT2D eigenvalue weighted by atomic mass is 9.63. The molecular weight excluding hydrogens is 536 g/mol. The molecule has 1 unspecified atom stereocenters. The normalized spacial score (nSPS) is 27.6. The number of nitrogens with zero attached hydrogens (tertiary/aromatic N) is 1. The van der Waals surface area contributed by atoms with Crippen LogP contribution < -0.4 is 5.32 Å². The van der Waals surface area contributed by atoms with Gasteiger partial charge in [-0.1, -0.05) is 60.7 Å². The standard InChI is InChI=1S/C33H38N2O7/c1-6-33-19-35(31(39)40-5)28-23(18-41-29(37)32(2,3)4)26(33)25(36)16-22(27(28)33)21-14-10-11-15-24(21)34-30(38)42-17-20-12-8-7-9-13-20/h6-16,23,25-28,36H,1,17-19H2,2-5H3,(H,34,38)/t23-,25+,26-,27-,28+,33?/m0/s1. The Kier molecular flexibility index (Phi) is 7.90. The average Bonchev–Trinajstić information content (AvgIpc) is 3.42. The van der Waals surface area contributed by atoms with Crippen molar-refractivity contribution in [3.05, 3.63) is 84.5 Å². The highest BCUT2D eigenvalue weighted by atomic mass is 16.6. The molecule has 9 heteroatoms. The summed E-state index contributed by atoms with van der Waals surface area (Å²) in [7, 11) is 1.33. The van der Waals surface area contributed by atoms with E-state index < -0.39 is 35.2 Å². The monoisotopic (exact) mass is 574 g/mol. The van der Waals surface area contributed by atoms with Crippen LogP contribution in [0.4, 0.5) is 15.3 Å². The summed E-state index contributed by atoms with van der Waals surface area (Å²) >= 11 is 0. The van der Waals surface area contributed by atoms with Crippen molar-refractivity contribution in [2.45, 2.75) is 39.5 Å². The summed E-state index contributed by atoms with van der Waals surface area (Å²) in [6, 6.07) is 16.3. The number of nitrogens with one attached hydrogen (secondary N) is 1. The summed E-state index contributed by atoms with van der Waals surface area (Å²) in [5, 5.41) is 14.5. The lowest BCUT2D eigenvalue weighted by Gasteiger charge is -2.45. The first kappa shape index (κ1) is 29.4. The number of rotatable bonds is 7. The van der Waals surface area contributed by atoms with Gasteiger partial charge in [-0.3, -0.25) is 10.1 Å². The molecule has 42 heavy (non-hydrogen) atoms. The van der Waals surface area contributed by atoms with Gasteiger partial charge in [-0.15, -0.1) is 6.58 Å². The van der Waals surface area contributed by atoms with Crippen molar-refractivity contribution < 1.29 is 33.7 Å². The zero-order valence-electron chi connectivity index (χ0n) is 24.4. The van der Waals surface area contributed by atoms with E-state index in [0.717, 1.165) is 11.1 Å². The second-order valence-electron chi connectivity index (χ2n) is 12.3. The van der Waals surface area contributed by atoms with E-state index >= 15 is 0 Å². The van der Waals surface area contributed by atoms with Gasteiger partial charge in [0.2, 0.25) is 0 Å². The Bertz CT molecular complexity index is 1400. The number of piperidine rings is 1. The van der Waals surface area contributed by atoms with Crippen molar-refractivity contribution in [3.8, 4) is 0 Å². The number of esters is 1. The Morgan fingerprint density at radius 2 is 1.79 bits per heavy atom. The van der Waals surface area contributed by atoms with E-state index in [-0.39, 0.29) is 36.9 Å². The predicted octanol–water partition coefficient (Wildman–Crippen LogP) is 5.27. The van der Waals surface area contributed by atoms with Crippen LogP contribution in [0.25, 0.3) is 5.57 Å². The van der Waals surface area contributed by atoms with E-state index in [1.54, 1.807) is 43.9 Å². The topological polar surface area (TPSA) is 114 Å². The first-order chi connectivity index (χ1) is 20.0. The highest BCUT2D eigenvalue weighted by molar-refractivity contribution is 5.91. The largest absolute Gasteiger partial charge is 0.465 e. The summed E-state index contributed by atoms with van der Waals surface area (Å²) in [6.45, 7) is 9.95. The minimum absolute atomic E-state index is 0.0366. The third-order valence-corrected chi connectivity index (χ3v) is 8.79. The van der Waals surface area contributed by atoms with Gasteiger partial charge in [0.25, 0.3) is 0 Å². The number of likely N-dealkylation sites (tertiary alicyclic amines) is 1. The molecule has 1 saturated carbocycles. The quantitative estimate of drug-likeness (QED) is 0.263. The molecule has 0 radical (unpaired) electrons. The number of hydrogen-bond acceptors (Lipinski definition) is 7. The average molecular weight is 575 g/mol. The number of amides is 2. The molecule has 5 rings (SSSR count). The van der Waals surface area contributed by atoms with E-state index in [1.807, 2.05) is 48.5 Å².